The molecule has 0 unspecified atom stereocenters. The maximum atomic E-state index is 11.0. The van der Waals surface area contributed by atoms with E-state index in [2.05, 4.69) is 24.4 Å². The van der Waals surface area contributed by atoms with Gasteiger partial charge in [-0.1, -0.05) is 84.3 Å². The van der Waals surface area contributed by atoms with Crippen LogP contribution in [0.1, 0.15) is 111 Å². The Hall–Kier alpha value is -0.790. The van der Waals surface area contributed by atoms with Crippen molar-refractivity contribution >= 4 is 5.91 Å². The first-order valence-corrected chi connectivity index (χ1v) is 10.2. The molecule has 0 aliphatic rings. The second-order valence-electron chi connectivity index (χ2n) is 6.01. The van der Waals surface area contributed by atoms with Crippen LogP contribution < -0.4 is 5.32 Å². The van der Waals surface area contributed by atoms with Gasteiger partial charge in [-0.15, -0.1) is 0 Å². The Morgan fingerprint density at radius 1 is 0.739 bits per heavy atom. The molecule has 0 spiro atoms. The number of hydrogen-bond donors (Lipinski definition) is 1. The molecule has 2 nitrogen and oxygen atoms in total. The molecule has 0 aliphatic carbocycles. The van der Waals surface area contributed by atoms with Crippen LogP contribution >= 0.6 is 0 Å². The predicted octanol–water partition coefficient (Wildman–Crippen LogP) is 6.80. The molecule has 0 aliphatic heterocycles. The fourth-order valence-corrected chi connectivity index (χ4v) is 2.48. The van der Waals surface area contributed by atoms with Gasteiger partial charge < -0.3 is 5.32 Å². The van der Waals surface area contributed by atoms with Crippen LogP contribution in [0.4, 0.5) is 0 Å². The van der Waals surface area contributed by atoms with E-state index in [0.717, 1.165) is 6.42 Å². The van der Waals surface area contributed by atoms with E-state index in [1.807, 2.05) is 13.8 Å². The van der Waals surface area contributed by atoms with E-state index < -0.39 is 0 Å². The molecule has 0 saturated carbocycles. The van der Waals surface area contributed by atoms with E-state index in [4.69, 9.17) is 0 Å². The maximum Gasteiger partial charge on any atom is 0.219 e. The zero-order valence-electron chi connectivity index (χ0n) is 16.5. The minimum Gasteiger partial charge on any atom is -0.359 e. The van der Waals surface area contributed by atoms with Gasteiger partial charge >= 0.3 is 0 Å². The van der Waals surface area contributed by atoms with E-state index in [1.54, 1.807) is 7.05 Å². The van der Waals surface area contributed by atoms with Gasteiger partial charge in [-0.25, -0.2) is 0 Å². The van der Waals surface area contributed by atoms with E-state index >= 15 is 0 Å². The standard InChI is InChI=1S/C19H37NO.C2H6/c1-3-4-5-6-7-8-9-10-11-12-13-14-15-16-17-18-19(21)20-2;1-2/h10-11H,3-9,12-18H2,1-2H3,(H,20,21);1-2H3/b11-10+;. The lowest BCUT2D eigenvalue weighted by atomic mass is 10.1. The van der Waals surface area contributed by atoms with Gasteiger partial charge in [0, 0.05) is 13.5 Å². The minimum atomic E-state index is 0.174. The summed E-state index contributed by atoms with van der Waals surface area (Å²) < 4.78 is 0. The number of nitrogens with one attached hydrogen (secondary N) is 1. The van der Waals surface area contributed by atoms with Crippen LogP contribution in [0.25, 0.3) is 0 Å². The average molecular weight is 326 g/mol. The summed E-state index contributed by atoms with van der Waals surface area (Å²) in [6.45, 7) is 6.27. The highest BCUT2D eigenvalue weighted by Gasteiger charge is 1.96. The van der Waals surface area contributed by atoms with Crippen molar-refractivity contribution in [3.05, 3.63) is 12.2 Å². The number of carbonyl (C=O) groups excluding carboxylic acids is 1. The molecule has 0 heterocycles. The molecule has 0 rings (SSSR count). The fraction of sp³-hybridized carbons (Fsp3) is 0.857. The summed E-state index contributed by atoms with van der Waals surface area (Å²) in [4.78, 5) is 11.0. The Kier molecular flexibility index (Phi) is 25.0. The topological polar surface area (TPSA) is 29.1 Å². The third kappa shape index (κ3) is 23.6. The van der Waals surface area contributed by atoms with Crippen molar-refractivity contribution in [2.24, 2.45) is 0 Å². The fourth-order valence-electron chi connectivity index (χ4n) is 2.48. The van der Waals surface area contributed by atoms with Crippen molar-refractivity contribution < 1.29 is 4.79 Å². The number of amides is 1. The molecule has 0 radical (unpaired) electrons. The lowest BCUT2D eigenvalue weighted by Crippen LogP contribution is -2.16. The molecule has 1 amide bonds. The molecule has 0 saturated heterocycles. The molecule has 138 valence electrons. The summed E-state index contributed by atoms with van der Waals surface area (Å²) in [5.41, 5.74) is 0. The number of carbonyl (C=O) groups is 1. The number of unbranched alkanes of at least 4 members (excludes halogenated alkanes) is 11. The molecule has 0 aromatic heterocycles. The van der Waals surface area contributed by atoms with Gasteiger partial charge in [0.2, 0.25) is 5.91 Å². The van der Waals surface area contributed by atoms with E-state index in [1.165, 1.54) is 77.0 Å². The first-order chi connectivity index (χ1) is 11.3. The predicted molar refractivity (Wildman–Crippen MR) is 105 cm³/mol. The second-order valence-corrected chi connectivity index (χ2v) is 6.01. The first kappa shape index (κ1) is 24.5. The normalized spacial score (nSPS) is 10.4. The average Bonchev–Trinajstić information content (AvgIpc) is 2.59. The summed E-state index contributed by atoms with van der Waals surface area (Å²) in [5.74, 6) is 0.174. The Bertz CT molecular complexity index is 248. The summed E-state index contributed by atoms with van der Waals surface area (Å²) in [6.07, 6.45) is 22.3. The zero-order valence-corrected chi connectivity index (χ0v) is 16.5. The Balaban J connectivity index is 0. The van der Waals surface area contributed by atoms with Crippen LogP contribution in [0.15, 0.2) is 12.2 Å². The molecule has 2 heteroatoms. The Labute approximate surface area is 146 Å². The van der Waals surface area contributed by atoms with Gasteiger partial charge in [0.15, 0.2) is 0 Å². The van der Waals surface area contributed by atoms with Crippen LogP contribution in [0.2, 0.25) is 0 Å². The number of rotatable bonds is 15. The SMILES string of the molecule is CC.CCCCCCCC/C=C/CCCCCCCC(=O)NC. The van der Waals surface area contributed by atoms with Crippen molar-refractivity contribution in [1.29, 1.82) is 0 Å². The minimum absolute atomic E-state index is 0.174. The van der Waals surface area contributed by atoms with Crippen LogP contribution in [-0.4, -0.2) is 13.0 Å². The van der Waals surface area contributed by atoms with Crippen molar-refractivity contribution in [3.8, 4) is 0 Å². The maximum absolute atomic E-state index is 11.0. The van der Waals surface area contributed by atoms with Crippen LogP contribution in [0.3, 0.4) is 0 Å². The molecule has 0 bridgehead atoms. The van der Waals surface area contributed by atoms with E-state index in [9.17, 15) is 4.79 Å². The molecule has 0 atom stereocenters. The van der Waals surface area contributed by atoms with Crippen LogP contribution in [-0.2, 0) is 4.79 Å². The largest absolute Gasteiger partial charge is 0.359 e. The van der Waals surface area contributed by atoms with Gasteiger partial charge in [0.1, 0.15) is 0 Å². The molecular formula is C21H43NO. The Morgan fingerprint density at radius 3 is 1.65 bits per heavy atom. The van der Waals surface area contributed by atoms with Crippen molar-refractivity contribution in [3.63, 3.8) is 0 Å². The number of allylic oxidation sites excluding steroid dienone is 2. The molecule has 0 fully saturated rings. The van der Waals surface area contributed by atoms with Gasteiger partial charge in [0.05, 0.1) is 0 Å². The quantitative estimate of drug-likeness (QED) is 0.260. The molecule has 0 aromatic carbocycles. The lowest BCUT2D eigenvalue weighted by Gasteiger charge is -2.00. The van der Waals surface area contributed by atoms with Gasteiger partial charge in [-0.2, -0.15) is 0 Å². The summed E-state index contributed by atoms with van der Waals surface area (Å²) in [5, 5.41) is 2.67. The third-order valence-corrected chi connectivity index (χ3v) is 3.94. The lowest BCUT2D eigenvalue weighted by molar-refractivity contribution is -0.120. The smallest absolute Gasteiger partial charge is 0.219 e. The Morgan fingerprint density at radius 2 is 1.17 bits per heavy atom. The van der Waals surface area contributed by atoms with Crippen LogP contribution in [0.5, 0.6) is 0 Å². The van der Waals surface area contributed by atoms with Crippen LogP contribution in [0, 0.1) is 0 Å². The monoisotopic (exact) mass is 325 g/mol. The molecule has 23 heavy (non-hydrogen) atoms. The summed E-state index contributed by atoms with van der Waals surface area (Å²) in [7, 11) is 1.71. The summed E-state index contributed by atoms with van der Waals surface area (Å²) in [6, 6.07) is 0. The molecule has 0 aromatic rings. The highest BCUT2D eigenvalue weighted by molar-refractivity contribution is 5.75. The van der Waals surface area contributed by atoms with Crippen molar-refractivity contribution in [2.45, 2.75) is 111 Å². The van der Waals surface area contributed by atoms with Crippen molar-refractivity contribution in [2.75, 3.05) is 7.05 Å². The van der Waals surface area contributed by atoms with Gasteiger partial charge in [-0.05, 0) is 32.1 Å². The third-order valence-electron chi connectivity index (χ3n) is 3.94. The highest BCUT2D eigenvalue weighted by atomic mass is 16.1. The zero-order chi connectivity index (χ0) is 17.6. The second kappa shape index (κ2) is 23.5. The van der Waals surface area contributed by atoms with Gasteiger partial charge in [-0.3, -0.25) is 4.79 Å². The molecule has 1 N–H and O–H groups in total. The van der Waals surface area contributed by atoms with E-state index in [0.29, 0.717) is 6.42 Å². The van der Waals surface area contributed by atoms with E-state index in [-0.39, 0.29) is 5.91 Å². The summed E-state index contributed by atoms with van der Waals surface area (Å²) >= 11 is 0. The van der Waals surface area contributed by atoms with Gasteiger partial charge in [0.25, 0.3) is 0 Å². The number of hydrogen-bond acceptors (Lipinski definition) is 1. The first-order valence-electron chi connectivity index (χ1n) is 10.2. The highest BCUT2D eigenvalue weighted by Crippen LogP contribution is 2.09. The molecular weight excluding hydrogens is 282 g/mol. The van der Waals surface area contributed by atoms with Crippen molar-refractivity contribution in [1.82, 2.24) is 5.32 Å².